The fraction of sp³-hybridized carbons (Fsp3) is 0.375. The second-order valence-electron chi connectivity index (χ2n) is 7.67. The van der Waals surface area contributed by atoms with Crippen molar-refractivity contribution in [2.75, 3.05) is 37.8 Å². The first-order valence-electron chi connectivity index (χ1n) is 10.9. The molecule has 2 aromatic heterocycles. The molecule has 3 aromatic rings. The summed E-state index contributed by atoms with van der Waals surface area (Å²) in [5.41, 5.74) is 4.23. The number of rotatable bonds is 8. The second-order valence-corrected chi connectivity index (χ2v) is 7.67. The minimum Gasteiger partial charge on any atom is -0.477 e. The Morgan fingerprint density at radius 1 is 1.03 bits per heavy atom. The summed E-state index contributed by atoms with van der Waals surface area (Å²) in [6, 6.07) is 13.8. The van der Waals surface area contributed by atoms with Gasteiger partial charge in [-0.3, -0.25) is 4.98 Å². The largest absolute Gasteiger partial charge is 0.477 e. The molecule has 8 nitrogen and oxygen atoms in total. The molecule has 0 N–H and O–H groups in total. The number of hydrogen-bond acceptors (Lipinski definition) is 8. The van der Waals surface area contributed by atoms with E-state index >= 15 is 0 Å². The summed E-state index contributed by atoms with van der Waals surface area (Å²) in [5.74, 6) is 1.94. The molecule has 4 rings (SSSR count). The number of anilines is 1. The fourth-order valence-corrected chi connectivity index (χ4v) is 3.33. The lowest BCUT2D eigenvalue weighted by Crippen LogP contribution is -2.37. The van der Waals surface area contributed by atoms with Crippen LogP contribution in [0.15, 0.2) is 58.9 Å². The Bertz CT molecular complexity index is 1050. The molecule has 1 aliphatic rings. The van der Waals surface area contributed by atoms with Crippen LogP contribution in [0.5, 0.6) is 5.88 Å². The number of azo groups is 1. The van der Waals surface area contributed by atoms with Crippen LogP contribution >= 0.6 is 0 Å². The SMILES string of the molecule is Cc1ccc(N=NCc2nc(OCCc3ccccn3)cc(N3CCOCC3)n2)cc1C. The van der Waals surface area contributed by atoms with E-state index < -0.39 is 0 Å². The molecule has 166 valence electrons. The molecule has 0 spiro atoms. The maximum atomic E-state index is 5.95. The van der Waals surface area contributed by atoms with Crippen molar-refractivity contribution < 1.29 is 9.47 Å². The lowest BCUT2D eigenvalue weighted by molar-refractivity contribution is 0.122. The first-order chi connectivity index (χ1) is 15.7. The number of aromatic nitrogens is 3. The highest BCUT2D eigenvalue weighted by Gasteiger charge is 2.15. The number of nitrogens with zero attached hydrogens (tertiary/aromatic N) is 6. The Hall–Kier alpha value is -3.39. The molecule has 3 heterocycles. The normalized spacial score (nSPS) is 14.1. The van der Waals surface area contributed by atoms with Gasteiger partial charge in [0.1, 0.15) is 12.4 Å². The highest BCUT2D eigenvalue weighted by Crippen LogP contribution is 2.21. The average Bonchev–Trinajstić information content (AvgIpc) is 2.83. The molecular weight excluding hydrogens is 404 g/mol. The maximum absolute atomic E-state index is 5.95. The van der Waals surface area contributed by atoms with Crippen molar-refractivity contribution in [3.63, 3.8) is 0 Å². The summed E-state index contributed by atoms with van der Waals surface area (Å²) in [7, 11) is 0. The summed E-state index contributed by atoms with van der Waals surface area (Å²) in [6.07, 6.45) is 2.49. The van der Waals surface area contributed by atoms with Crippen molar-refractivity contribution in [2.24, 2.45) is 10.2 Å². The minimum absolute atomic E-state index is 0.279. The van der Waals surface area contributed by atoms with E-state index in [4.69, 9.17) is 14.5 Å². The van der Waals surface area contributed by atoms with E-state index in [1.165, 1.54) is 11.1 Å². The number of aryl methyl sites for hydroxylation is 2. The van der Waals surface area contributed by atoms with E-state index in [9.17, 15) is 0 Å². The number of ether oxygens (including phenoxy) is 2. The van der Waals surface area contributed by atoms with Crippen LogP contribution in [0, 0.1) is 13.8 Å². The Kier molecular flexibility index (Phi) is 7.34. The smallest absolute Gasteiger partial charge is 0.218 e. The molecule has 0 saturated carbocycles. The predicted octanol–water partition coefficient (Wildman–Crippen LogP) is 4.23. The predicted molar refractivity (Wildman–Crippen MR) is 123 cm³/mol. The van der Waals surface area contributed by atoms with Gasteiger partial charge in [-0.05, 0) is 49.2 Å². The molecule has 1 aromatic carbocycles. The zero-order chi connectivity index (χ0) is 22.2. The summed E-state index contributed by atoms with van der Waals surface area (Å²) in [5, 5.41) is 8.67. The van der Waals surface area contributed by atoms with Gasteiger partial charge in [0.15, 0.2) is 5.82 Å². The van der Waals surface area contributed by atoms with E-state index in [0.717, 1.165) is 30.3 Å². The van der Waals surface area contributed by atoms with Crippen molar-refractivity contribution >= 4 is 11.5 Å². The van der Waals surface area contributed by atoms with Gasteiger partial charge in [-0.2, -0.15) is 15.2 Å². The van der Waals surface area contributed by atoms with E-state index in [2.05, 4.69) is 38.9 Å². The Labute approximate surface area is 188 Å². The molecule has 0 atom stereocenters. The third kappa shape index (κ3) is 6.07. The van der Waals surface area contributed by atoms with Gasteiger partial charge in [0.2, 0.25) is 5.88 Å². The molecular formula is C24H28N6O2. The standard InChI is InChI=1S/C24H28N6O2/c1-18-6-7-21(15-19(18)2)29-26-17-22-27-23(30-10-13-31-14-11-30)16-24(28-22)32-12-8-20-5-3-4-9-25-20/h3-7,9,15-16H,8,10-14,17H2,1-2H3. The van der Waals surface area contributed by atoms with Crippen molar-refractivity contribution in [3.05, 3.63) is 71.3 Å². The first-order valence-corrected chi connectivity index (χ1v) is 10.9. The van der Waals surface area contributed by atoms with Crippen LogP contribution in [0.2, 0.25) is 0 Å². The van der Waals surface area contributed by atoms with E-state index in [1.807, 2.05) is 42.5 Å². The van der Waals surface area contributed by atoms with Crippen LogP contribution in [0.1, 0.15) is 22.6 Å². The highest BCUT2D eigenvalue weighted by molar-refractivity contribution is 5.43. The van der Waals surface area contributed by atoms with Crippen LogP contribution in [0.3, 0.4) is 0 Å². The fourth-order valence-electron chi connectivity index (χ4n) is 3.33. The minimum atomic E-state index is 0.279. The zero-order valence-electron chi connectivity index (χ0n) is 18.6. The van der Waals surface area contributed by atoms with Gasteiger partial charge in [0, 0.05) is 37.5 Å². The summed E-state index contributed by atoms with van der Waals surface area (Å²) in [6.45, 7) is 7.85. The maximum Gasteiger partial charge on any atom is 0.218 e. The Balaban J connectivity index is 1.47. The van der Waals surface area contributed by atoms with E-state index in [1.54, 1.807) is 6.20 Å². The van der Waals surface area contributed by atoms with Crippen molar-refractivity contribution in [1.82, 2.24) is 15.0 Å². The van der Waals surface area contributed by atoms with Crippen LogP contribution in [0.25, 0.3) is 0 Å². The van der Waals surface area contributed by atoms with E-state index in [-0.39, 0.29) is 6.54 Å². The third-order valence-electron chi connectivity index (χ3n) is 5.29. The molecule has 0 aliphatic carbocycles. The summed E-state index contributed by atoms with van der Waals surface area (Å²) in [4.78, 5) is 15.8. The number of benzene rings is 1. The van der Waals surface area contributed by atoms with Gasteiger partial charge in [-0.25, -0.2) is 4.98 Å². The van der Waals surface area contributed by atoms with Crippen molar-refractivity contribution in [1.29, 1.82) is 0 Å². The third-order valence-corrected chi connectivity index (χ3v) is 5.29. The molecule has 0 unspecified atom stereocenters. The van der Waals surface area contributed by atoms with Gasteiger partial charge < -0.3 is 14.4 Å². The number of pyridine rings is 1. The molecule has 1 saturated heterocycles. The Morgan fingerprint density at radius 2 is 1.91 bits per heavy atom. The van der Waals surface area contributed by atoms with Gasteiger partial charge >= 0.3 is 0 Å². The van der Waals surface area contributed by atoms with E-state index in [0.29, 0.717) is 37.9 Å². The van der Waals surface area contributed by atoms with Crippen LogP contribution in [-0.2, 0) is 17.7 Å². The van der Waals surface area contributed by atoms with Crippen LogP contribution in [0.4, 0.5) is 11.5 Å². The van der Waals surface area contributed by atoms with Crippen LogP contribution < -0.4 is 9.64 Å². The van der Waals surface area contributed by atoms with Gasteiger partial charge in [0.25, 0.3) is 0 Å². The number of morpholine rings is 1. The lowest BCUT2D eigenvalue weighted by atomic mass is 10.1. The van der Waals surface area contributed by atoms with Crippen molar-refractivity contribution in [2.45, 2.75) is 26.8 Å². The molecule has 1 fully saturated rings. The first kappa shape index (κ1) is 21.8. The lowest BCUT2D eigenvalue weighted by Gasteiger charge is -2.28. The monoisotopic (exact) mass is 432 g/mol. The van der Waals surface area contributed by atoms with Gasteiger partial charge in [-0.15, -0.1) is 0 Å². The molecule has 0 amide bonds. The molecule has 0 bridgehead atoms. The molecule has 1 aliphatic heterocycles. The summed E-state index contributed by atoms with van der Waals surface area (Å²) < 4.78 is 11.4. The van der Waals surface area contributed by atoms with Crippen LogP contribution in [-0.4, -0.2) is 47.9 Å². The Morgan fingerprint density at radius 3 is 2.69 bits per heavy atom. The highest BCUT2D eigenvalue weighted by atomic mass is 16.5. The molecule has 0 radical (unpaired) electrons. The number of hydrogen-bond donors (Lipinski definition) is 0. The zero-order valence-corrected chi connectivity index (χ0v) is 18.6. The van der Waals surface area contributed by atoms with Gasteiger partial charge in [-0.1, -0.05) is 12.1 Å². The van der Waals surface area contributed by atoms with Gasteiger partial charge in [0.05, 0.1) is 25.5 Å². The average molecular weight is 433 g/mol. The topological polar surface area (TPSA) is 85.1 Å². The molecule has 32 heavy (non-hydrogen) atoms. The summed E-state index contributed by atoms with van der Waals surface area (Å²) >= 11 is 0. The van der Waals surface area contributed by atoms with Crippen molar-refractivity contribution in [3.8, 4) is 5.88 Å². The quantitative estimate of drug-likeness (QED) is 0.495. The second kappa shape index (κ2) is 10.8. The molecule has 8 heteroatoms.